The number of nitrogens with one attached hydrogen (secondary N) is 2. The van der Waals surface area contributed by atoms with Crippen LogP contribution in [0.3, 0.4) is 0 Å². The van der Waals surface area contributed by atoms with E-state index >= 15 is 0 Å². The van der Waals surface area contributed by atoms with Crippen LogP contribution in [-0.2, 0) is 18.7 Å². The number of hydrogen-bond acceptors (Lipinski definition) is 5. The van der Waals surface area contributed by atoms with Crippen LogP contribution < -0.4 is 5.32 Å². The number of aromatic amines is 1. The van der Waals surface area contributed by atoms with Crippen molar-refractivity contribution in [3.63, 3.8) is 0 Å². The first-order valence-corrected chi connectivity index (χ1v) is 12.5. The number of carbonyl (C=O) groups is 1. The number of benzene rings is 2. The van der Waals surface area contributed by atoms with Gasteiger partial charge in [0.25, 0.3) is 5.91 Å². The average Bonchev–Trinajstić information content (AvgIpc) is 3.52. The number of rotatable bonds is 9. The summed E-state index contributed by atoms with van der Waals surface area (Å²) in [5, 5.41) is 4.60. The van der Waals surface area contributed by atoms with Gasteiger partial charge in [0.2, 0.25) is 0 Å². The van der Waals surface area contributed by atoms with E-state index in [1.165, 1.54) is 5.56 Å². The molecule has 2 N–H and O–H groups in total. The minimum atomic E-state index is -0.0902. The zero-order valence-corrected chi connectivity index (χ0v) is 20.4. The lowest BCUT2D eigenvalue weighted by molar-refractivity contribution is 0.0954. The number of amides is 1. The van der Waals surface area contributed by atoms with Crippen molar-refractivity contribution in [2.75, 3.05) is 6.54 Å². The van der Waals surface area contributed by atoms with Crippen molar-refractivity contribution < 1.29 is 4.79 Å². The summed E-state index contributed by atoms with van der Waals surface area (Å²) in [7, 11) is 0. The number of halogens is 1. The van der Waals surface area contributed by atoms with Crippen molar-refractivity contribution in [2.24, 2.45) is 0 Å². The molecular weight excluding hydrogens is 480 g/mol. The highest BCUT2D eigenvalue weighted by Gasteiger charge is 2.13. The summed E-state index contributed by atoms with van der Waals surface area (Å²) >= 11 is 7.69. The van der Waals surface area contributed by atoms with Gasteiger partial charge < -0.3 is 14.9 Å². The van der Waals surface area contributed by atoms with Gasteiger partial charge in [-0.2, -0.15) is 0 Å². The van der Waals surface area contributed by atoms with Gasteiger partial charge in [-0.1, -0.05) is 47.6 Å². The first kappa shape index (κ1) is 23.1. The molecule has 0 atom stereocenters. The highest BCUT2D eigenvalue weighted by molar-refractivity contribution is 7.98. The number of imidazole rings is 2. The second kappa shape index (κ2) is 10.8. The molecule has 3 aromatic heterocycles. The Kier molecular flexibility index (Phi) is 7.11. The second-order valence-electron chi connectivity index (χ2n) is 8.04. The summed E-state index contributed by atoms with van der Waals surface area (Å²) in [6.45, 7) is 1.18. The number of aromatic nitrogens is 5. The van der Waals surface area contributed by atoms with Crippen molar-refractivity contribution in [1.29, 1.82) is 0 Å². The molecule has 0 fully saturated rings. The summed E-state index contributed by atoms with van der Waals surface area (Å²) in [5.41, 5.74) is 5.77. The standard InChI is InChI=1S/C26H23ClN6OS/c27-21-7-3-19(4-8-21)16-35-26-32-23-10-11-28-14-24(23)33(26)15-18-1-5-20(6-2-18)25(34)30-12-9-22-13-29-17-31-22/h1-8,10-11,13-14,17H,9,12,15-16H2,(H,29,31)(H,30,34). The number of nitrogens with zero attached hydrogens (tertiary/aromatic N) is 4. The molecule has 1 amide bonds. The van der Waals surface area contributed by atoms with Gasteiger partial charge in [0.1, 0.15) is 0 Å². The number of H-pyrrole nitrogens is 1. The maximum Gasteiger partial charge on any atom is 0.251 e. The Morgan fingerprint density at radius 3 is 2.57 bits per heavy atom. The van der Waals surface area contributed by atoms with Gasteiger partial charge in [0.15, 0.2) is 5.16 Å². The third-order valence-electron chi connectivity index (χ3n) is 5.59. The summed E-state index contributed by atoms with van der Waals surface area (Å²) in [5.74, 6) is 0.693. The van der Waals surface area contributed by atoms with Gasteiger partial charge in [-0.05, 0) is 41.5 Å². The first-order valence-electron chi connectivity index (χ1n) is 11.2. The highest BCUT2D eigenvalue weighted by Crippen LogP contribution is 2.28. The summed E-state index contributed by atoms with van der Waals surface area (Å²) in [4.78, 5) is 28.7. The molecule has 0 saturated carbocycles. The monoisotopic (exact) mass is 502 g/mol. The van der Waals surface area contributed by atoms with Gasteiger partial charge in [-0.25, -0.2) is 9.97 Å². The minimum absolute atomic E-state index is 0.0902. The zero-order chi connectivity index (χ0) is 24.0. The number of carbonyl (C=O) groups excluding carboxylic acids is 1. The van der Waals surface area contributed by atoms with Crippen LogP contribution in [-0.4, -0.2) is 37.0 Å². The van der Waals surface area contributed by atoms with Crippen molar-refractivity contribution in [2.45, 2.75) is 23.9 Å². The molecule has 0 unspecified atom stereocenters. The highest BCUT2D eigenvalue weighted by atomic mass is 35.5. The first-order chi connectivity index (χ1) is 17.2. The summed E-state index contributed by atoms with van der Waals surface area (Å²) < 4.78 is 2.17. The molecule has 3 heterocycles. The lowest BCUT2D eigenvalue weighted by Gasteiger charge is -2.10. The molecule has 0 spiro atoms. The number of hydrogen-bond donors (Lipinski definition) is 2. The van der Waals surface area contributed by atoms with Gasteiger partial charge in [-0.3, -0.25) is 9.78 Å². The fourth-order valence-electron chi connectivity index (χ4n) is 3.72. The zero-order valence-electron chi connectivity index (χ0n) is 18.8. The molecule has 35 heavy (non-hydrogen) atoms. The Morgan fingerprint density at radius 1 is 1.00 bits per heavy atom. The molecule has 7 nitrogen and oxygen atoms in total. The Labute approximate surface area is 212 Å². The number of fused-ring (bicyclic) bond motifs is 1. The number of thioether (sulfide) groups is 1. The molecule has 5 aromatic rings. The molecule has 0 aliphatic rings. The molecule has 0 saturated heterocycles. The predicted octanol–water partition coefficient (Wildman–Crippen LogP) is 5.12. The van der Waals surface area contributed by atoms with Crippen LogP contribution in [0.15, 0.2) is 84.7 Å². The van der Waals surface area contributed by atoms with Gasteiger partial charge in [-0.15, -0.1) is 0 Å². The van der Waals surface area contributed by atoms with E-state index in [9.17, 15) is 4.79 Å². The number of pyridine rings is 1. The predicted molar refractivity (Wildman–Crippen MR) is 139 cm³/mol. The maximum absolute atomic E-state index is 12.5. The van der Waals surface area contributed by atoms with Crippen LogP contribution in [0.4, 0.5) is 0 Å². The van der Waals surface area contributed by atoms with Crippen molar-refractivity contribution in [1.82, 2.24) is 29.8 Å². The summed E-state index contributed by atoms with van der Waals surface area (Å²) in [6, 6.07) is 17.5. The fraction of sp³-hybridized carbons (Fsp3) is 0.154. The smallest absolute Gasteiger partial charge is 0.251 e. The average molecular weight is 503 g/mol. The van der Waals surface area contributed by atoms with E-state index in [0.717, 1.165) is 38.2 Å². The van der Waals surface area contributed by atoms with Crippen molar-refractivity contribution >= 4 is 40.3 Å². The van der Waals surface area contributed by atoms with Gasteiger partial charge >= 0.3 is 0 Å². The molecule has 176 valence electrons. The normalized spacial score (nSPS) is 11.1. The Hall–Kier alpha value is -3.62. The van der Waals surface area contributed by atoms with Crippen molar-refractivity contribution in [3.8, 4) is 0 Å². The van der Waals surface area contributed by atoms with Gasteiger partial charge in [0.05, 0.1) is 30.1 Å². The molecule has 9 heteroatoms. The van der Waals surface area contributed by atoms with E-state index in [4.69, 9.17) is 16.6 Å². The largest absolute Gasteiger partial charge is 0.352 e. The van der Waals surface area contributed by atoms with E-state index in [0.29, 0.717) is 25.1 Å². The van der Waals surface area contributed by atoms with E-state index in [-0.39, 0.29) is 5.91 Å². The molecule has 0 aliphatic carbocycles. The second-order valence-corrected chi connectivity index (χ2v) is 9.42. The maximum atomic E-state index is 12.5. The van der Waals surface area contributed by atoms with E-state index in [2.05, 4.69) is 24.8 Å². The Balaban J connectivity index is 1.28. The van der Waals surface area contributed by atoms with E-state index in [1.807, 2.05) is 60.8 Å². The van der Waals surface area contributed by atoms with Crippen LogP contribution in [0.2, 0.25) is 5.02 Å². The van der Waals surface area contributed by atoms with Crippen LogP contribution in [0.5, 0.6) is 0 Å². The van der Waals surface area contributed by atoms with Crippen LogP contribution >= 0.6 is 23.4 Å². The lowest BCUT2D eigenvalue weighted by Crippen LogP contribution is -2.25. The molecule has 0 bridgehead atoms. The summed E-state index contributed by atoms with van der Waals surface area (Å²) in [6.07, 6.45) is 7.71. The molecular formula is C26H23ClN6OS. The Morgan fingerprint density at radius 2 is 1.80 bits per heavy atom. The molecule has 2 aromatic carbocycles. The van der Waals surface area contributed by atoms with Crippen LogP contribution in [0.1, 0.15) is 27.2 Å². The van der Waals surface area contributed by atoms with E-state index in [1.54, 1.807) is 30.5 Å². The van der Waals surface area contributed by atoms with Gasteiger partial charge in [0, 0.05) is 47.4 Å². The third kappa shape index (κ3) is 5.72. The van der Waals surface area contributed by atoms with E-state index < -0.39 is 0 Å². The quantitative estimate of drug-likeness (QED) is 0.273. The van der Waals surface area contributed by atoms with Crippen LogP contribution in [0.25, 0.3) is 11.0 Å². The molecule has 0 radical (unpaired) electrons. The topological polar surface area (TPSA) is 88.5 Å². The minimum Gasteiger partial charge on any atom is -0.352 e. The SMILES string of the molecule is O=C(NCCc1cnc[nH]1)c1ccc(Cn2c(SCc3ccc(Cl)cc3)nc3ccncc32)cc1. The van der Waals surface area contributed by atoms with Crippen molar-refractivity contribution in [3.05, 3.63) is 107 Å². The molecule has 5 rings (SSSR count). The Bertz CT molecular complexity index is 1420. The fourth-order valence-corrected chi connectivity index (χ4v) is 4.81. The molecule has 0 aliphatic heterocycles. The van der Waals surface area contributed by atoms with Crippen LogP contribution in [0, 0.1) is 0 Å². The lowest BCUT2D eigenvalue weighted by atomic mass is 10.1. The third-order valence-corrected chi connectivity index (χ3v) is 6.89.